The van der Waals surface area contributed by atoms with Gasteiger partial charge in [0.2, 0.25) is 0 Å². The fourth-order valence-corrected chi connectivity index (χ4v) is 10.6. The molecular formula is C66H44N2. The van der Waals surface area contributed by atoms with Gasteiger partial charge in [-0.3, -0.25) is 0 Å². The predicted molar refractivity (Wildman–Crippen MR) is 290 cm³/mol. The van der Waals surface area contributed by atoms with E-state index < -0.39 is 0 Å². The summed E-state index contributed by atoms with van der Waals surface area (Å²) in [4.78, 5) is 2.44. The van der Waals surface area contributed by atoms with Crippen LogP contribution >= 0.6 is 0 Å². The van der Waals surface area contributed by atoms with Gasteiger partial charge in [-0.05, 0) is 120 Å². The monoisotopic (exact) mass is 864 g/mol. The average Bonchev–Trinajstić information content (AvgIpc) is 3.76. The Morgan fingerprint density at radius 2 is 0.779 bits per heavy atom. The molecule has 0 saturated heterocycles. The first-order valence-electron chi connectivity index (χ1n) is 23.4. The zero-order valence-electron chi connectivity index (χ0n) is 37.3. The minimum atomic E-state index is 1.08. The molecule has 0 spiro atoms. The van der Waals surface area contributed by atoms with Gasteiger partial charge < -0.3 is 9.47 Å². The highest BCUT2D eigenvalue weighted by Gasteiger charge is 2.22. The molecule has 0 atom stereocenters. The molecule has 0 aliphatic heterocycles. The van der Waals surface area contributed by atoms with E-state index in [1.54, 1.807) is 0 Å². The topological polar surface area (TPSA) is 8.17 Å². The zero-order valence-corrected chi connectivity index (χ0v) is 37.3. The van der Waals surface area contributed by atoms with Crippen molar-refractivity contribution in [1.29, 1.82) is 0 Å². The van der Waals surface area contributed by atoms with Crippen molar-refractivity contribution in [2.24, 2.45) is 0 Å². The Kier molecular flexibility index (Phi) is 9.54. The van der Waals surface area contributed by atoms with Crippen LogP contribution in [0.3, 0.4) is 0 Å². The Labute approximate surface area is 395 Å². The Balaban J connectivity index is 1.02. The van der Waals surface area contributed by atoms with Gasteiger partial charge in [0.05, 0.1) is 22.4 Å². The lowest BCUT2D eigenvalue weighted by molar-refractivity contribution is 1.18. The third-order valence-electron chi connectivity index (χ3n) is 13.8. The summed E-state index contributed by atoms with van der Waals surface area (Å²) in [5.41, 5.74) is 16.2. The fourth-order valence-electron chi connectivity index (χ4n) is 10.6. The molecule has 0 N–H and O–H groups in total. The lowest BCUT2D eigenvalue weighted by atomic mass is 9.94. The predicted octanol–water partition coefficient (Wildman–Crippen LogP) is 18.4. The third kappa shape index (κ3) is 6.65. The molecule has 68 heavy (non-hydrogen) atoms. The summed E-state index contributed by atoms with van der Waals surface area (Å²) in [5.74, 6) is 0. The first-order valence-corrected chi connectivity index (χ1v) is 23.4. The van der Waals surface area contributed by atoms with Crippen molar-refractivity contribution in [3.8, 4) is 50.2 Å². The van der Waals surface area contributed by atoms with Crippen molar-refractivity contribution in [2.75, 3.05) is 4.90 Å². The molecule has 13 aromatic rings. The highest BCUT2D eigenvalue weighted by Crippen LogP contribution is 2.46. The number of rotatable bonds is 8. The van der Waals surface area contributed by atoms with Crippen LogP contribution in [-0.4, -0.2) is 4.57 Å². The van der Waals surface area contributed by atoms with Crippen LogP contribution in [0.15, 0.2) is 267 Å². The third-order valence-corrected chi connectivity index (χ3v) is 13.8. The van der Waals surface area contributed by atoms with E-state index in [1.807, 2.05) is 0 Å². The number of hydrogen-bond donors (Lipinski definition) is 0. The molecule has 12 aromatic carbocycles. The van der Waals surface area contributed by atoms with Crippen LogP contribution in [0.25, 0.3) is 104 Å². The van der Waals surface area contributed by atoms with Crippen molar-refractivity contribution >= 4 is 71.2 Å². The molecule has 1 aromatic heterocycles. The molecule has 0 aliphatic rings. The lowest BCUT2D eigenvalue weighted by Crippen LogP contribution is -2.11. The molecule has 0 fully saturated rings. The largest absolute Gasteiger partial charge is 0.310 e. The molecule has 318 valence electrons. The number of anilines is 3. The maximum Gasteiger partial charge on any atom is 0.0547 e. The Bertz CT molecular complexity index is 4020. The van der Waals surface area contributed by atoms with E-state index in [2.05, 4.69) is 276 Å². The van der Waals surface area contributed by atoms with Crippen LogP contribution in [0, 0.1) is 0 Å². The zero-order chi connectivity index (χ0) is 45.0. The summed E-state index contributed by atoms with van der Waals surface area (Å²) >= 11 is 0. The SMILES string of the molecule is c1ccc(-c2cc(-c3ccccc3-n3c4ccccc4c4c5ccccc5ccc43)ccc2N(c2ccc(-c3cccc4ccccc34)cc2)c2cccc(-c3cccc4ccccc34)c2)cc1. The van der Waals surface area contributed by atoms with Crippen LogP contribution < -0.4 is 4.90 Å². The van der Waals surface area contributed by atoms with Gasteiger partial charge in [0, 0.05) is 33.3 Å². The molecule has 0 radical (unpaired) electrons. The second kappa shape index (κ2) is 16.5. The highest BCUT2D eigenvalue weighted by atomic mass is 15.1. The molecule has 0 amide bonds. The summed E-state index contributed by atoms with van der Waals surface area (Å²) in [5, 5.41) is 10.00. The summed E-state index contributed by atoms with van der Waals surface area (Å²) in [7, 11) is 0. The van der Waals surface area contributed by atoms with Crippen molar-refractivity contribution in [3.63, 3.8) is 0 Å². The van der Waals surface area contributed by atoms with Crippen molar-refractivity contribution in [2.45, 2.75) is 0 Å². The Hall–Kier alpha value is -8.98. The van der Waals surface area contributed by atoms with Crippen LogP contribution in [-0.2, 0) is 0 Å². The van der Waals surface area contributed by atoms with Crippen LogP contribution in [0.1, 0.15) is 0 Å². The van der Waals surface area contributed by atoms with E-state index in [4.69, 9.17) is 0 Å². The molecule has 1 heterocycles. The number of para-hydroxylation sites is 2. The maximum atomic E-state index is 2.46. The van der Waals surface area contributed by atoms with Gasteiger partial charge in [-0.2, -0.15) is 0 Å². The first-order chi connectivity index (χ1) is 33.7. The Morgan fingerprint density at radius 1 is 0.265 bits per heavy atom. The van der Waals surface area contributed by atoms with E-state index >= 15 is 0 Å². The summed E-state index contributed by atoms with van der Waals surface area (Å²) < 4.78 is 2.46. The van der Waals surface area contributed by atoms with Gasteiger partial charge in [0.25, 0.3) is 0 Å². The van der Waals surface area contributed by atoms with E-state index in [0.717, 1.165) is 45.0 Å². The Morgan fingerprint density at radius 3 is 1.53 bits per heavy atom. The number of nitrogens with zero attached hydrogens (tertiary/aromatic N) is 2. The molecule has 0 unspecified atom stereocenters. The van der Waals surface area contributed by atoms with Gasteiger partial charge in [-0.1, -0.05) is 212 Å². The fraction of sp³-hybridized carbons (Fsp3) is 0. The smallest absolute Gasteiger partial charge is 0.0547 e. The van der Waals surface area contributed by atoms with Crippen molar-refractivity contribution in [3.05, 3.63) is 267 Å². The minimum absolute atomic E-state index is 1.08. The summed E-state index contributed by atoms with van der Waals surface area (Å²) in [6.45, 7) is 0. The van der Waals surface area contributed by atoms with Crippen LogP contribution in [0.4, 0.5) is 17.1 Å². The van der Waals surface area contributed by atoms with Crippen LogP contribution in [0.5, 0.6) is 0 Å². The number of aromatic nitrogens is 1. The molecule has 13 rings (SSSR count). The maximum absolute atomic E-state index is 2.46. The van der Waals surface area contributed by atoms with E-state index in [-0.39, 0.29) is 0 Å². The average molecular weight is 865 g/mol. The molecule has 2 nitrogen and oxygen atoms in total. The number of hydrogen-bond acceptors (Lipinski definition) is 1. The summed E-state index contributed by atoms with van der Waals surface area (Å²) in [6, 6.07) is 97.6. The molecule has 0 bridgehead atoms. The van der Waals surface area contributed by atoms with Gasteiger partial charge in [-0.15, -0.1) is 0 Å². The first kappa shape index (κ1) is 39.4. The molecule has 0 aliphatic carbocycles. The lowest BCUT2D eigenvalue weighted by Gasteiger charge is -2.29. The molecule has 0 saturated carbocycles. The number of benzene rings is 12. The van der Waals surface area contributed by atoms with Gasteiger partial charge in [-0.25, -0.2) is 0 Å². The van der Waals surface area contributed by atoms with E-state index in [0.29, 0.717) is 0 Å². The van der Waals surface area contributed by atoms with Gasteiger partial charge in [0.1, 0.15) is 0 Å². The number of fused-ring (bicyclic) bond motifs is 7. The molecule has 2 heteroatoms. The van der Waals surface area contributed by atoms with Gasteiger partial charge >= 0.3 is 0 Å². The second-order valence-electron chi connectivity index (χ2n) is 17.6. The van der Waals surface area contributed by atoms with Crippen molar-refractivity contribution < 1.29 is 0 Å². The van der Waals surface area contributed by atoms with Crippen LogP contribution in [0.2, 0.25) is 0 Å². The quantitative estimate of drug-likeness (QED) is 0.148. The summed E-state index contributed by atoms with van der Waals surface area (Å²) in [6.07, 6.45) is 0. The van der Waals surface area contributed by atoms with E-state index in [9.17, 15) is 0 Å². The van der Waals surface area contributed by atoms with Crippen molar-refractivity contribution in [1.82, 2.24) is 4.57 Å². The normalized spacial score (nSPS) is 11.5. The van der Waals surface area contributed by atoms with E-state index in [1.165, 1.54) is 76.4 Å². The molecular weight excluding hydrogens is 821 g/mol. The highest BCUT2D eigenvalue weighted by molar-refractivity contribution is 6.21. The van der Waals surface area contributed by atoms with Gasteiger partial charge in [0.15, 0.2) is 0 Å². The second-order valence-corrected chi connectivity index (χ2v) is 17.6. The standard InChI is InChI=1S/C66H44N2/c1-2-17-47(18-3-1)61-44-51(58-28-10-12-33-62(58)68-63-34-13-11-30-60(63)66-59-29-9-6-21-48(59)37-42-65(66)68)38-41-64(61)67(52-39-35-49(36-40-52)56-31-15-22-45-19-4-7-26-54(45)56)53-25-14-24-50(43-53)57-32-16-23-46-20-5-8-27-55(46)57/h1-44H. The minimum Gasteiger partial charge on any atom is -0.310 e.